The lowest BCUT2D eigenvalue weighted by Gasteiger charge is -2.23. The molecule has 0 atom stereocenters. The van der Waals surface area contributed by atoms with Crippen LogP contribution in [-0.2, 0) is 6.18 Å². The highest BCUT2D eigenvalue weighted by molar-refractivity contribution is 6.17. The van der Waals surface area contributed by atoms with Crippen LogP contribution >= 0.6 is 0 Å². The number of hydrogen-bond donors (Lipinski definition) is 0. The summed E-state index contributed by atoms with van der Waals surface area (Å²) in [6.45, 7) is 0. The van der Waals surface area contributed by atoms with E-state index in [0.29, 0.717) is 44.2 Å². The molecule has 0 saturated heterocycles. The summed E-state index contributed by atoms with van der Waals surface area (Å²) in [5, 5.41) is 11.0. The highest BCUT2D eigenvalue weighted by Gasteiger charge is 2.38. The first-order valence-electron chi connectivity index (χ1n) is 31.9. The van der Waals surface area contributed by atoms with Crippen molar-refractivity contribution in [1.29, 1.82) is 0 Å². The monoisotopic (exact) mass is 1250 g/mol. The summed E-state index contributed by atoms with van der Waals surface area (Å²) in [5.41, 5.74) is 10.2. The lowest BCUT2D eigenvalue weighted by Crippen LogP contribution is -2.14. The van der Waals surface area contributed by atoms with Crippen molar-refractivity contribution >= 4 is 131 Å². The molecule has 14 aromatic carbocycles. The van der Waals surface area contributed by atoms with Crippen molar-refractivity contribution in [3.05, 3.63) is 314 Å². The van der Waals surface area contributed by atoms with E-state index in [-0.39, 0.29) is 16.9 Å². The van der Waals surface area contributed by atoms with Crippen molar-refractivity contribution < 1.29 is 22.0 Å². The molecule has 0 radical (unpaired) electrons. The van der Waals surface area contributed by atoms with Gasteiger partial charge in [0.15, 0.2) is 0 Å². The summed E-state index contributed by atoms with van der Waals surface area (Å²) in [6.07, 6.45) is -5.07. The van der Waals surface area contributed by atoms with Crippen LogP contribution in [0.5, 0.6) is 0 Å². The Balaban J connectivity index is 0.935. The van der Waals surface area contributed by atoms with Crippen LogP contribution in [0.25, 0.3) is 176 Å². The zero-order valence-corrected chi connectivity index (χ0v) is 50.9. The molecule has 11 heteroatoms. The van der Waals surface area contributed by atoms with E-state index < -0.39 is 28.9 Å². The lowest BCUT2D eigenvalue weighted by molar-refractivity contribution is -0.137. The van der Waals surface area contributed by atoms with Crippen LogP contribution in [0.15, 0.2) is 297 Å². The van der Waals surface area contributed by atoms with Crippen molar-refractivity contribution in [1.82, 2.24) is 27.4 Å². The highest BCUT2D eigenvalue weighted by atomic mass is 19.4. The van der Waals surface area contributed by atoms with Gasteiger partial charge in [-0.25, -0.2) is 8.78 Å². The topological polar surface area (TPSA) is 29.6 Å². The van der Waals surface area contributed by atoms with Crippen LogP contribution in [0.1, 0.15) is 5.56 Å². The molecule has 20 rings (SSSR count). The van der Waals surface area contributed by atoms with Gasteiger partial charge in [0.1, 0.15) is 11.6 Å². The van der Waals surface area contributed by atoms with Gasteiger partial charge in [-0.1, -0.05) is 176 Å². The summed E-state index contributed by atoms with van der Waals surface area (Å²) in [5.74, 6) is -1.88. The predicted octanol–water partition coefficient (Wildman–Crippen LogP) is 23.2. The molecule has 454 valence electrons. The van der Waals surface area contributed by atoms with E-state index in [1.165, 1.54) is 24.3 Å². The average Bonchev–Trinajstić information content (AvgIpc) is 1.52. The lowest BCUT2D eigenvalue weighted by atomic mass is 9.97. The molecule has 0 aliphatic heterocycles. The minimum atomic E-state index is -5.07. The standard InChI is InChI=1S/C85H49F5N6/c86-68-26-17-27-69(87)84(68)66-48-83(96-80-46-52(93-74-32-13-5-22-58(74)59-23-6-14-33-75(59)93)38-42-64(80)65-43-39-53(47-81(65)96)94-76-34-15-7-24-60(76)61-25-8-16-35-77(61)94)67(85(88,89)90)49-82(66)95-78-44-50(91-70-28-9-1-18-54(70)55-19-2-10-29-71(55)91)36-40-62(78)63-41-37-51(45-79(63)95)92-72-30-11-3-20-56(72)57-21-4-12-31-73(57)92/h1-49H. The van der Waals surface area contributed by atoms with E-state index in [1.54, 1.807) is 9.13 Å². The fourth-order valence-corrected chi connectivity index (χ4v) is 16.0. The Kier molecular flexibility index (Phi) is 11.3. The summed E-state index contributed by atoms with van der Waals surface area (Å²) in [7, 11) is 0. The minimum Gasteiger partial charge on any atom is -0.309 e. The summed E-state index contributed by atoms with van der Waals surface area (Å²) in [6, 6.07) is 95.2. The second kappa shape index (κ2) is 20.0. The third-order valence-corrected chi connectivity index (χ3v) is 20.0. The van der Waals surface area contributed by atoms with Crippen LogP contribution in [0.3, 0.4) is 0 Å². The smallest absolute Gasteiger partial charge is 0.309 e. The molecule has 0 bridgehead atoms. The van der Waals surface area contributed by atoms with Crippen LogP contribution in [0.4, 0.5) is 22.0 Å². The Morgan fingerprint density at radius 1 is 0.208 bits per heavy atom. The van der Waals surface area contributed by atoms with Gasteiger partial charge in [-0.05, 0) is 121 Å². The third-order valence-electron chi connectivity index (χ3n) is 20.0. The minimum absolute atomic E-state index is 0.0773. The zero-order valence-electron chi connectivity index (χ0n) is 50.9. The first kappa shape index (κ1) is 54.1. The SMILES string of the molecule is Fc1cccc(F)c1-c1cc(-n2c3cc(-n4c5ccccc5c5ccccc54)ccc3c3ccc(-n4c5ccccc5c5ccccc54)cc32)c(C(F)(F)F)cc1-n1c2cc(-n3c4ccccc4c4ccccc43)ccc2c2ccc(-n3c4ccccc4c4ccccc43)cc21. The van der Waals surface area contributed by atoms with Gasteiger partial charge in [-0.2, -0.15) is 13.2 Å². The maximum atomic E-state index is 17.6. The highest BCUT2D eigenvalue weighted by Crippen LogP contribution is 2.49. The van der Waals surface area contributed by atoms with Gasteiger partial charge in [-0.15, -0.1) is 0 Å². The van der Waals surface area contributed by atoms with Gasteiger partial charge >= 0.3 is 6.18 Å². The molecule has 6 heterocycles. The largest absolute Gasteiger partial charge is 0.418 e. The van der Waals surface area contributed by atoms with Crippen molar-refractivity contribution in [2.24, 2.45) is 0 Å². The molecule has 0 fully saturated rings. The fraction of sp³-hybridized carbons (Fsp3) is 0.0118. The molecule has 0 spiro atoms. The van der Waals surface area contributed by atoms with Gasteiger partial charge in [0.2, 0.25) is 0 Å². The normalized spacial score (nSPS) is 12.4. The fourth-order valence-electron chi connectivity index (χ4n) is 16.0. The number of fused-ring (bicyclic) bond motifs is 18. The van der Waals surface area contributed by atoms with Crippen molar-refractivity contribution in [3.8, 4) is 45.3 Å². The maximum absolute atomic E-state index is 17.6. The van der Waals surface area contributed by atoms with Crippen LogP contribution in [-0.4, -0.2) is 27.4 Å². The van der Waals surface area contributed by atoms with E-state index in [0.717, 1.165) is 115 Å². The second-order valence-corrected chi connectivity index (χ2v) is 24.9. The summed E-state index contributed by atoms with van der Waals surface area (Å²) < 4.78 is 100. The van der Waals surface area contributed by atoms with Gasteiger partial charge < -0.3 is 27.4 Å². The number of rotatable bonds is 7. The Labute approximate surface area is 543 Å². The Morgan fingerprint density at radius 2 is 0.448 bits per heavy atom. The Morgan fingerprint density at radius 3 is 0.708 bits per heavy atom. The molecule has 0 unspecified atom stereocenters. The molecule has 0 aliphatic rings. The van der Waals surface area contributed by atoms with E-state index >= 15 is 22.0 Å². The molecule has 6 nitrogen and oxygen atoms in total. The number of halogens is 5. The molecule has 6 aromatic heterocycles. The molecule has 0 aliphatic carbocycles. The first-order valence-corrected chi connectivity index (χ1v) is 31.9. The zero-order chi connectivity index (χ0) is 63.8. The molecule has 96 heavy (non-hydrogen) atoms. The number of nitrogens with zero attached hydrogens (tertiary/aromatic N) is 6. The predicted molar refractivity (Wildman–Crippen MR) is 383 cm³/mol. The molecule has 0 N–H and O–H groups in total. The van der Waals surface area contributed by atoms with Crippen LogP contribution in [0.2, 0.25) is 0 Å². The van der Waals surface area contributed by atoms with Crippen molar-refractivity contribution in [3.63, 3.8) is 0 Å². The molecular weight excluding hydrogens is 1200 g/mol. The van der Waals surface area contributed by atoms with Crippen LogP contribution in [0, 0.1) is 11.6 Å². The number of benzene rings is 14. The van der Waals surface area contributed by atoms with Gasteiger partial charge in [-0.3, -0.25) is 0 Å². The van der Waals surface area contributed by atoms with Gasteiger partial charge in [0.25, 0.3) is 0 Å². The first-order chi connectivity index (χ1) is 47.1. The summed E-state index contributed by atoms with van der Waals surface area (Å²) >= 11 is 0. The molecule has 20 aromatic rings. The summed E-state index contributed by atoms with van der Waals surface area (Å²) in [4.78, 5) is 0. The van der Waals surface area contributed by atoms with Gasteiger partial charge in [0.05, 0.1) is 88.7 Å². The van der Waals surface area contributed by atoms with Gasteiger partial charge in [0, 0.05) is 92.9 Å². The number of alkyl halides is 3. The maximum Gasteiger partial charge on any atom is 0.418 e. The quantitative estimate of drug-likeness (QED) is 0.142. The second-order valence-electron chi connectivity index (χ2n) is 24.9. The van der Waals surface area contributed by atoms with E-state index in [4.69, 9.17) is 0 Å². The van der Waals surface area contributed by atoms with Crippen LogP contribution < -0.4 is 0 Å². The molecule has 0 amide bonds. The Bertz CT molecular complexity index is 6170. The number of aromatic nitrogens is 6. The molecular formula is C85H49F5N6. The Hall–Kier alpha value is -12.5. The number of hydrogen-bond acceptors (Lipinski definition) is 0. The van der Waals surface area contributed by atoms with E-state index in [2.05, 4.69) is 115 Å². The molecule has 0 saturated carbocycles. The number of para-hydroxylation sites is 8. The van der Waals surface area contributed by atoms with E-state index in [9.17, 15) is 0 Å². The van der Waals surface area contributed by atoms with E-state index in [1.807, 2.05) is 170 Å². The van der Waals surface area contributed by atoms with Crippen molar-refractivity contribution in [2.75, 3.05) is 0 Å². The average molecular weight is 1250 g/mol. The third kappa shape index (κ3) is 7.61. The van der Waals surface area contributed by atoms with Crippen molar-refractivity contribution in [2.45, 2.75) is 6.18 Å².